The topological polar surface area (TPSA) is 7.68 Å². The molecule has 1 saturated heterocycles. The summed E-state index contributed by atoms with van der Waals surface area (Å²) in [5.41, 5.74) is 0. The quantitative estimate of drug-likeness (QED) is 0.525. The Labute approximate surface area is 87.0 Å². The fourth-order valence-electron chi connectivity index (χ4n) is 1.53. The number of rotatable bonds is 3. The van der Waals surface area contributed by atoms with E-state index in [1.165, 1.54) is 39.1 Å². The molecule has 0 spiro atoms. The Balaban J connectivity index is 0.000001000. The van der Waals surface area contributed by atoms with Gasteiger partial charge in [0.05, 0.1) is 13.1 Å². The number of halogens is 1. The predicted molar refractivity (Wildman–Crippen MR) is 43.1 cm³/mol. The molecular formula is C8H19IN2. The minimum absolute atomic E-state index is 0. The molecule has 11 heavy (non-hydrogen) atoms. The molecule has 0 aliphatic carbocycles. The van der Waals surface area contributed by atoms with Crippen LogP contribution in [0.3, 0.4) is 0 Å². The van der Waals surface area contributed by atoms with E-state index in [0.717, 1.165) is 0 Å². The van der Waals surface area contributed by atoms with Gasteiger partial charge in [0.25, 0.3) is 0 Å². The van der Waals surface area contributed by atoms with E-state index in [1.807, 2.05) is 0 Å². The van der Waals surface area contributed by atoms with Crippen molar-refractivity contribution in [2.24, 2.45) is 0 Å². The number of hydrogen-bond donors (Lipinski definition) is 1. The van der Waals surface area contributed by atoms with Gasteiger partial charge in [0.1, 0.15) is 6.67 Å². The van der Waals surface area contributed by atoms with Gasteiger partial charge in [-0.25, -0.2) is 0 Å². The van der Waals surface area contributed by atoms with Gasteiger partial charge in [0.2, 0.25) is 0 Å². The number of hydrogen-bond acceptors (Lipinski definition) is 1. The SMILES string of the molecule is CCN(C)C[NH+]1CCCC1.[I-]. The lowest BCUT2D eigenvalue weighted by Gasteiger charge is -2.19. The predicted octanol–water partition coefficient (Wildman–Crippen LogP) is -3.42. The van der Waals surface area contributed by atoms with Gasteiger partial charge in [0.15, 0.2) is 0 Å². The van der Waals surface area contributed by atoms with Crippen LogP contribution in [0.15, 0.2) is 0 Å². The van der Waals surface area contributed by atoms with Crippen molar-refractivity contribution < 1.29 is 28.9 Å². The number of quaternary nitrogens is 1. The fraction of sp³-hybridized carbons (Fsp3) is 1.00. The van der Waals surface area contributed by atoms with E-state index in [0.29, 0.717) is 0 Å². The summed E-state index contributed by atoms with van der Waals surface area (Å²) in [7, 11) is 2.20. The lowest BCUT2D eigenvalue weighted by Crippen LogP contribution is -3.11. The molecule has 1 heterocycles. The molecule has 1 fully saturated rings. The number of nitrogens with one attached hydrogen (secondary N) is 1. The molecule has 0 aromatic heterocycles. The maximum Gasteiger partial charge on any atom is 0.133 e. The van der Waals surface area contributed by atoms with Crippen molar-refractivity contribution in [3.05, 3.63) is 0 Å². The van der Waals surface area contributed by atoms with Crippen molar-refractivity contribution in [3.8, 4) is 0 Å². The molecule has 2 nitrogen and oxygen atoms in total. The first kappa shape index (κ1) is 11.6. The third-order valence-corrected chi connectivity index (χ3v) is 2.34. The molecule has 0 saturated carbocycles. The van der Waals surface area contributed by atoms with E-state index in [2.05, 4.69) is 18.9 Å². The van der Waals surface area contributed by atoms with Crippen LogP contribution in [0.4, 0.5) is 0 Å². The third kappa shape index (κ3) is 4.28. The standard InChI is InChI=1S/C8H18N2.HI/c1-3-9(2)8-10-6-4-5-7-10;/h3-8H2,1-2H3;1H. The van der Waals surface area contributed by atoms with E-state index >= 15 is 0 Å². The molecule has 0 bridgehead atoms. The van der Waals surface area contributed by atoms with Crippen LogP contribution in [-0.4, -0.2) is 38.3 Å². The van der Waals surface area contributed by atoms with Gasteiger partial charge in [-0.2, -0.15) is 0 Å². The molecule has 0 unspecified atom stereocenters. The summed E-state index contributed by atoms with van der Waals surface area (Å²) in [5.74, 6) is 0. The maximum atomic E-state index is 2.39. The molecule has 1 aliphatic heterocycles. The molecule has 1 N–H and O–H groups in total. The molecule has 68 valence electrons. The minimum atomic E-state index is 0. The Bertz CT molecular complexity index is 92.1. The van der Waals surface area contributed by atoms with Crippen LogP contribution >= 0.6 is 0 Å². The zero-order valence-electron chi connectivity index (χ0n) is 7.57. The Morgan fingerprint density at radius 3 is 2.27 bits per heavy atom. The van der Waals surface area contributed by atoms with E-state index in [9.17, 15) is 0 Å². The molecule has 0 atom stereocenters. The average Bonchev–Trinajstić information content (AvgIpc) is 2.40. The minimum Gasteiger partial charge on any atom is -1.00 e. The van der Waals surface area contributed by atoms with Crippen molar-refractivity contribution >= 4 is 0 Å². The van der Waals surface area contributed by atoms with Crippen LogP contribution in [0.1, 0.15) is 19.8 Å². The molecule has 0 amide bonds. The van der Waals surface area contributed by atoms with Crippen LogP contribution in [0.2, 0.25) is 0 Å². The van der Waals surface area contributed by atoms with Crippen molar-refractivity contribution in [3.63, 3.8) is 0 Å². The van der Waals surface area contributed by atoms with Crippen LogP contribution in [0, 0.1) is 0 Å². The normalized spacial score (nSPS) is 18.8. The summed E-state index contributed by atoms with van der Waals surface area (Å²) in [6.45, 7) is 7.43. The van der Waals surface area contributed by atoms with Crippen molar-refractivity contribution in [1.29, 1.82) is 0 Å². The first-order valence-electron chi connectivity index (χ1n) is 4.35. The second kappa shape index (κ2) is 6.20. The summed E-state index contributed by atoms with van der Waals surface area (Å²) in [4.78, 5) is 4.16. The second-order valence-corrected chi connectivity index (χ2v) is 3.29. The fourth-order valence-corrected chi connectivity index (χ4v) is 1.53. The van der Waals surface area contributed by atoms with Crippen molar-refractivity contribution in [2.45, 2.75) is 19.8 Å². The van der Waals surface area contributed by atoms with Crippen LogP contribution in [0.25, 0.3) is 0 Å². The summed E-state index contributed by atoms with van der Waals surface area (Å²) in [6.07, 6.45) is 2.87. The Kier molecular flexibility index (Phi) is 6.56. The van der Waals surface area contributed by atoms with Gasteiger partial charge in [-0.15, -0.1) is 0 Å². The third-order valence-electron chi connectivity index (χ3n) is 2.34. The van der Waals surface area contributed by atoms with Gasteiger partial charge < -0.3 is 28.9 Å². The van der Waals surface area contributed by atoms with Crippen molar-refractivity contribution in [1.82, 2.24) is 4.90 Å². The summed E-state index contributed by atoms with van der Waals surface area (Å²) in [6, 6.07) is 0. The van der Waals surface area contributed by atoms with Gasteiger partial charge in [-0.05, 0) is 7.05 Å². The van der Waals surface area contributed by atoms with Gasteiger partial charge in [0, 0.05) is 19.4 Å². The molecule has 0 aromatic carbocycles. The van der Waals surface area contributed by atoms with Crippen LogP contribution in [0.5, 0.6) is 0 Å². The average molecular weight is 270 g/mol. The molecular weight excluding hydrogens is 251 g/mol. The first-order valence-corrected chi connectivity index (χ1v) is 4.35. The number of likely N-dealkylation sites (tertiary alicyclic amines) is 1. The first-order chi connectivity index (χ1) is 4.83. The lowest BCUT2D eigenvalue weighted by atomic mass is 10.4. The summed E-state index contributed by atoms with van der Waals surface area (Å²) >= 11 is 0. The summed E-state index contributed by atoms with van der Waals surface area (Å²) in [5, 5.41) is 0. The molecule has 0 radical (unpaired) electrons. The molecule has 1 aliphatic rings. The smallest absolute Gasteiger partial charge is 0.133 e. The monoisotopic (exact) mass is 270 g/mol. The second-order valence-electron chi connectivity index (χ2n) is 3.29. The highest BCUT2D eigenvalue weighted by Gasteiger charge is 2.15. The van der Waals surface area contributed by atoms with Crippen LogP contribution in [-0.2, 0) is 0 Å². The highest BCUT2D eigenvalue weighted by Crippen LogP contribution is 1.87. The van der Waals surface area contributed by atoms with Gasteiger partial charge >= 0.3 is 0 Å². The molecule has 1 rings (SSSR count). The largest absolute Gasteiger partial charge is 1.00 e. The van der Waals surface area contributed by atoms with Gasteiger partial charge in [-0.1, -0.05) is 6.92 Å². The molecule has 3 heteroatoms. The van der Waals surface area contributed by atoms with E-state index < -0.39 is 0 Å². The zero-order valence-corrected chi connectivity index (χ0v) is 9.73. The lowest BCUT2D eigenvalue weighted by molar-refractivity contribution is -0.897. The zero-order chi connectivity index (χ0) is 7.40. The Morgan fingerprint density at radius 2 is 1.82 bits per heavy atom. The van der Waals surface area contributed by atoms with E-state index in [4.69, 9.17) is 0 Å². The van der Waals surface area contributed by atoms with Crippen LogP contribution < -0.4 is 28.9 Å². The van der Waals surface area contributed by atoms with Gasteiger partial charge in [-0.3, -0.25) is 4.90 Å². The molecule has 0 aromatic rings. The highest BCUT2D eigenvalue weighted by molar-refractivity contribution is 4.45. The van der Waals surface area contributed by atoms with E-state index in [-0.39, 0.29) is 24.0 Å². The number of nitrogens with zero attached hydrogens (tertiary/aromatic N) is 1. The Morgan fingerprint density at radius 1 is 1.27 bits per heavy atom. The highest BCUT2D eigenvalue weighted by atomic mass is 127. The van der Waals surface area contributed by atoms with E-state index in [1.54, 1.807) is 4.90 Å². The Hall–Kier alpha value is 0.650. The van der Waals surface area contributed by atoms with Crippen molar-refractivity contribution in [2.75, 3.05) is 33.4 Å². The maximum absolute atomic E-state index is 2.39. The summed E-state index contributed by atoms with van der Waals surface area (Å²) < 4.78 is 0.